The van der Waals surface area contributed by atoms with Crippen LogP contribution < -0.4 is 10.6 Å². The minimum Gasteiger partial charge on any atom is -0.444 e. The Morgan fingerprint density at radius 1 is 1.25 bits per heavy atom. The standard InChI is InChI=1S/C18H26N4O2/c1-5-19-18(21-11-17-22-13(2)14(3)24-17)20-10-15-7-6-8-16(9-15)12-23-4/h6-9H,5,10-12H2,1-4H3,(H2,19,20,21). The maximum absolute atomic E-state index is 5.58. The first-order valence-electron chi connectivity index (χ1n) is 8.14. The zero-order valence-corrected chi connectivity index (χ0v) is 14.8. The Morgan fingerprint density at radius 2 is 2.04 bits per heavy atom. The van der Waals surface area contributed by atoms with Gasteiger partial charge in [-0.15, -0.1) is 0 Å². The SMILES string of the molecule is CCNC(=NCc1cccc(COC)c1)NCc1nc(C)c(C)o1. The summed E-state index contributed by atoms with van der Waals surface area (Å²) in [5.41, 5.74) is 3.21. The maximum Gasteiger partial charge on any atom is 0.214 e. The number of ether oxygens (including phenoxy) is 1. The van der Waals surface area contributed by atoms with E-state index in [2.05, 4.69) is 32.7 Å². The molecule has 0 aliphatic rings. The van der Waals surface area contributed by atoms with Gasteiger partial charge in [0.25, 0.3) is 0 Å². The second kappa shape index (κ2) is 9.08. The number of aliphatic imine (C=N–C) groups is 1. The van der Waals surface area contributed by atoms with E-state index in [1.54, 1.807) is 7.11 Å². The van der Waals surface area contributed by atoms with Crippen molar-refractivity contribution in [2.24, 2.45) is 4.99 Å². The predicted octanol–water partition coefficient (Wildman–Crippen LogP) is 2.69. The number of methoxy groups -OCH3 is 1. The molecule has 6 heteroatoms. The van der Waals surface area contributed by atoms with Crippen molar-refractivity contribution >= 4 is 5.96 Å². The van der Waals surface area contributed by atoms with E-state index < -0.39 is 0 Å². The van der Waals surface area contributed by atoms with Crippen molar-refractivity contribution in [2.45, 2.75) is 40.5 Å². The number of hydrogen-bond acceptors (Lipinski definition) is 4. The molecule has 2 rings (SSSR count). The summed E-state index contributed by atoms with van der Waals surface area (Å²) in [6.07, 6.45) is 0. The van der Waals surface area contributed by atoms with Crippen molar-refractivity contribution in [3.05, 3.63) is 52.7 Å². The van der Waals surface area contributed by atoms with Crippen LogP contribution in [0.25, 0.3) is 0 Å². The molecule has 1 heterocycles. The van der Waals surface area contributed by atoms with E-state index >= 15 is 0 Å². The molecule has 0 saturated heterocycles. The highest BCUT2D eigenvalue weighted by atomic mass is 16.5. The number of aromatic nitrogens is 1. The summed E-state index contributed by atoms with van der Waals surface area (Å²) in [5.74, 6) is 2.25. The lowest BCUT2D eigenvalue weighted by molar-refractivity contribution is 0.185. The average molecular weight is 330 g/mol. The van der Waals surface area contributed by atoms with Gasteiger partial charge in [-0.05, 0) is 31.9 Å². The molecule has 0 saturated carbocycles. The average Bonchev–Trinajstić information content (AvgIpc) is 2.89. The Kier molecular flexibility index (Phi) is 6.81. The number of nitrogens with one attached hydrogen (secondary N) is 2. The molecule has 0 unspecified atom stereocenters. The second-order valence-electron chi connectivity index (χ2n) is 5.55. The molecular weight excluding hydrogens is 304 g/mol. The van der Waals surface area contributed by atoms with Crippen LogP contribution in [0.4, 0.5) is 0 Å². The summed E-state index contributed by atoms with van der Waals surface area (Å²) in [6.45, 7) is 8.39. The molecule has 0 amide bonds. The zero-order chi connectivity index (χ0) is 17.4. The van der Waals surface area contributed by atoms with Gasteiger partial charge in [-0.3, -0.25) is 0 Å². The third-order valence-corrected chi connectivity index (χ3v) is 3.55. The number of rotatable bonds is 7. The van der Waals surface area contributed by atoms with Crippen molar-refractivity contribution in [2.75, 3.05) is 13.7 Å². The molecule has 0 spiro atoms. The fraction of sp³-hybridized carbons (Fsp3) is 0.444. The summed E-state index contributed by atoms with van der Waals surface area (Å²) in [7, 11) is 1.70. The molecule has 6 nitrogen and oxygen atoms in total. The smallest absolute Gasteiger partial charge is 0.214 e. The summed E-state index contributed by atoms with van der Waals surface area (Å²) < 4.78 is 10.7. The Hall–Kier alpha value is -2.34. The number of guanidine groups is 1. The summed E-state index contributed by atoms with van der Waals surface area (Å²) >= 11 is 0. The molecule has 1 aromatic carbocycles. The highest BCUT2D eigenvalue weighted by Gasteiger charge is 2.06. The van der Waals surface area contributed by atoms with Crippen molar-refractivity contribution in [3.63, 3.8) is 0 Å². The van der Waals surface area contributed by atoms with E-state index in [9.17, 15) is 0 Å². The van der Waals surface area contributed by atoms with Gasteiger partial charge in [0.1, 0.15) is 5.76 Å². The van der Waals surface area contributed by atoms with Crippen LogP contribution >= 0.6 is 0 Å². The van der Waals surface area contributed by atoms with Crippen LogP contribution in [0.15, 0.2) is 33.7 Å². The van der Waals surface area contributed by atoms with Gasteiger partial charge in [0.05, 0.1) is 25.4 Å². The minimum absolute atomic E-state index is 0.504. The van der Waals surface area contributed by atoms with Gasteiger partial charge in [-0.25, -0.2) is 9.98 Å². The Labute approximate surface area is 143 Å². The molecule has 0 radical (unpaired) electrons. The van der Waals surface area contributed by atoms with Crippen LogP contribution in [0.5, 0.6) is 0 Å². The summed E-state index contributed by atoms with van der Waals surface area (Å²) in [4.78, 5) is 8.98. The van der Waals surface area contributed by atoms with Crippen LogP contribution in [0.2, 0.25) is 0 Å². The van der Waals surface area contributed by atoms with E-state index in [-0.39, 0.29) is 0 Å². The molecular formula is C18H26N4O2. The lowest BCUT2D eigenvalue weighted by atomic mass is 10.1. The quantitative estimate of drug-likeness (QED) is 0.603. The molecule has 2 aromatic rings. The molecule has 2 N–H and O–H groups in total. The van der Waals surface area contributed by atoms with Crippen molar-refractivity contribution < 1.29 is 9.15 Å². The summed E-state index contributed by atoms with van der Waals surface area (Å²) in [5, 5.41) is 6.47. The number of benzene rings is 1. The van der Waals surface area contributed by atoms with Gasteiger partial charge in [0, 0.05) is 13.7 Å². The third-order valence-electron chi connectivity index (χ3n) is 3.55. The maximum atomic E-state index is 5.58. The van der Waals surface area contributed by atoms with Gasteiger partial charge < -0.3 is 19.8 Å². The van der Waals surface area contributed by atoms with Crippen molar-refractivity contribution in [1.29, 1.82) is 0 Å². The molecule has 0 aliphatic heterocycles. The van der Waals surface area contributed by atoms with Crippen molar-refractivity contribution in [1.82, 2.24) is 15.6 Å². The van der Waals surface area contributed by atoms with E-state index in [4.69, 9.17) is 9.15 Å². The second-order valence-corrected chi connectivity index (χ2v) is 5.55. The van der Waals surface area contributed by atoms with E-state index in [0.29, 0.717) is 25.6 Å². The van der Waals surface area contributed by atoms with Gasteiger partial charge in [0.2, 0.25) is 5.89 Å². The number of nitrogens with zero attached hydrogens (tertiary/aromatic N) is 2. The Balaban J connectivity index is 1.98. The first-order chi connectivity index (χ1) is 11.6. The molecule has 1 aromatic heterocycles. The van der Waals surface area contributed by atoms with Crippen LogP contribution in [-0.2, 0) is 24.4 Å². The zero-order valence-electron chi connectivity index (χ0n) is 14.8. The monoisotopic (exact) mass is 330 g/mol. The normalized spacial score (nSPS) is 11.6. The first-order valence-corrected chi connectivity index (χ1v) is 8.14. The largest absolute Gasteiger partial charge is 0.444 e. The molecule has 0 bridgehead atoms. The van der Waals surface area contributed by atoms with E-state index in [0.717, 1.165) is 35.1 Å². The first kappa shape index (κ1) is 18.0. The van der Waals surface area contributed by atoms with Crippen LogP contribution in [-0.4, -0.2) is 24.6 Å². The van der Waals surface area contributed by atoms with E-state index in [1.165, 1.54) is 0 Å². The number of aryl methyl sites for hydroxylation is 2. The van der Waals surface area contributed by atoms with Gasteiger partial charge in [0.15, 0.2) is 5.96 Å². The van der Waals surface area contributed by atoms with Crippen LogP contribution in [0.1, 0.15) is 35.4 Å². The molecule has 0 atom stereocenters. The Morgan fingerprint density at radius 3 is 2.71 bits per heavy atom. The summed E-state index contributed by atoms with van der Waals surface area (Å²) in [6, 6.07) is 8.25. The van der Waals surface area contributed by atoms with Gasteiger partial charge in [-0.2, -0.15) is 0 Å². The van der Waals surface area contributed by atoms with Gasteiger partial charge >= 0.3 is 0 Å². The minimum atomic E-state index is 0.504. The molecule has 24 heavy (non-hydrogen) atoms. The molecule has 0 fully saturated rings. The highest BCUT2D eigenvalue weighted by Crippen LogP contribution is 2.09. The molecule has 0 aliphatic carbocycles. The van der Waals surface area contributed by atoms with Gasteiger partial charge in [-0.1, -0.05) is 24.3 Å². The predicted molar refractivity (Wildman–Crippen MR) is 94.8 cm³/mol. The lowest BCUT2D eigenvalue weighted by Crippen LogP contribution is -2.36. The van der Waals surface area contributed by atoms with Crippen LogP contribution in [0.3, 0.4) is 0 Å². The molecule has 130 valence electrons. The van der Waals surface area contributed by atoms with E-state index in [1.807, 2.05) is 32.9 Å². The topological polar surface area (TPSA) is 71.7 Å². The Bertz CT molecular complexity index is 660. The third kappa shape index (κ3) is 5.38. The fourth-order valence-corrected chi connectivity index (χ4v) is 2.27. The lowest BCUT2D eigenvalue weighted by Gasteiger charge is -2.10. The van der Waals surface area contributed by atoms with Crippen molar-refractivity contribution in [3.8, 4) is 0 Å². The fourth-order valence-electron chi connectivity index (χ4n) is 2.27. The number of hydrogen-bond donors (Lipinski definition) is 2. The number of oxazole rings is 1. The van der Waals surface area contributed by atoms with Crippen LogP contribution in [0, 0.1) is 13.8 Å². The highest BCUT2D eigenvalue weighted by molar-refractivity contribution is 5.79.